The summed E-state index contributed by atoms with van der Waals surface area (Å²) in [7, 11) is 0. The van der Waals surface area contributed by atoms with Crippen molar-refractivity contribution < 1.29 is 18.7 Å². The molecular formula is C15H10F2N2O2. The highest BCUT2D eigenvalue weighted by atomic mass is 19.2. The number of carboxylic acids is 1. The molecule has 0 aliphatic rings. The second kappa shape index (κ2) is 4.66. The maximum Gasteiger partial charge on any atom is 0.337 e. The van der Waals surface area contributed by atoms with E-state index in [2.05, 4.69) is 4.98 Å². The number of hydrogen-bond acceptors (Lipinski definition) is 2. The van der Waals surface area contributed by atoms with E-state index in [4.69, 9.17) is 0 Å². The Morgan fingerprint density at radius 1 is 1.19 bits per heavy atom. The van der Waals surface area contributed by atoms with Crippen LogP contribution in [-0.2, 0) is 0 Å². The smallest absolute Gasteiger partial charge is 0.337 e. The Hall–Kier alpha value is -2.76. The number of benzene rings is 2. The summed E-state index contributed by atoms with van der Waals surface area (Å²) in [6.45, 7) is 1.67. The van der Waals surface area contributed by atoms with Gasteiger partial charge in [0.2, 0.25) is 0 Å². The Morgan fingerprint density at radius 2 is 1.95 bits per heavy atom. The van der Waals surface area contributed by atoms with Gasteiger partial charge in [-0.1, -0.05) is 6.07 Å². The number of nitrogens with zero attached hydrogens (tertiary/aromatic N) is 2. The van der Waals surface area contributed by atoms with Crippen LogP contribution in [0.5, 0.6) is 0 Å². The van der Waals surface area contributed by atoms with E-state index in [-0.39, 0.29) is 5.56 Å². The molecule has 0 fully saturated rings. The average molecular weight is 288 g/mol. The molecule has 0 saturated heterocycles. The van der Waals surface area contributed by atoms with Crippen molar-refractivity contribution in [3.8, 4) is 5.69 Å². The first-order valence-corrected chi connectivity index (χ1v) is 6.16. The molecule has 3 rings (SSSR count). The topological polar surface area (TPSA) is 55.1 Å². The lowest BCUT2D eigenvalue weighted by Crippen LogP contribution is -2.04. The van der Waals surface area contributed by atoms with Crippen LogP contribution in [0.3, 0.4) is 0 Å². The summed E-state index contributed by atoms with van der Waals surface area (Å²) >= 11 is 0. The van der Waals surface area contributed by atoms with Gasteiger partial charge in [-0.25, -0.2) is 18.6 Å². The van der Waals surface area contributed by atoms with Crippen molar-refractivity contribution in [2.75, 3.05) is 0 Å². The predicted molar refractivity (Wildman–Crippen MR) is 72.7 cm³/mol. The predicted octanol–water partition coefficient (Wildman–Crippen LogP) is 3.31. The zero-order valence-electron chi connectivity index (χ0n) is 11.0. The van der Waals surface area contributed by atoms with E-state index in [1.54, 1.807) is 19.1 Å². The number of aryl methyl sites for hydroxylation is 1. The summed E-state index contributed by atoms with van der Waals surface area (Å²) < 4.78 is 28.0. The normalized spacial score (nSPS) is 11.0. The van der Waals surface area contributed by atoms with Crippen LogP contribution in [0.4, 0.5) is 8.78 Å². The Kier molecular flexibility index (Phi) is 2.94. The van der Waals surface area contributed by atoms with Crippen LogP contribution in [-0.4, -0.2) is 20.6 Å². The van der Waals surface area contributed by atoms with Gasteiger partial charge in [-0.05, 0) is 31.2 Å². The standard InChI is InChI=1S/C15H10F2N2O2/c1-8-18-13-4-2-3-10(15(20)21)14(13)19(8)9-5-6-11(16)12(17)7-9/h2-7H,1H3,(H,20,21). The van der Waals surface area contributed by atoms with Gasteiger partial charge in [-0.2, -0.15) is 0 Å². The highest BCUT2D eigenvalue weighted by Crippen LogP contribution is 2.25. The van der Waals surface area contributed by atoms with Gasteiger partial charge in [0, 0.05) is 6.07 Å². The first-order valence-electron chi connectivity index (χ1n) is 6.16. The lowest BCUT2D eigenvalue weighted by Gasteiger charge is -2.09. The van der Waals surface area contributed by atoms with Crippen LogP contribution in [0.2, 0.25) is 0 Å². The maximum atomic E-state index is 13.4. The summed E-state index contributed by atoms with van der Waals surface area (Å²) in [6, 6.07) is 8.10. The van der Waals surface area contributed by atoms with Gasteiger partial charge in [-0.15, -0.1) is 0 Å². The molecule has 0 unspecified atom stereocenters. The molecule has 0 radical (unpaired) electrons. The zero-order chi connectivity index (χ0) is 15.1. The molecule has 4 nitrogen and oxygen atoms in total. The number of fused-ring (bicyclic) bond motifs is 1. The summed E-state index contributed by atoms with van der Waals surface area (Å²) in [5, 5.41) is 9.29. The molecule has 0 spiro atoms. The highest BCUT2D eigenvalue weighted by Gasteiger charge is 2.17. The third kappa shape index (κ3) is 2.05. The number of halogens is 2. The van der Waals surface area contributed by atoms with Crippen molar-refractivity contribution in [2.45, 2.75) is 6.92 Å². The number of carboxylic acid groups (broad SMARTS) is 1. The fourth-order valence-corrected chi connectivity index (χ4v) is 2.36. The number of imidazole rings is 1. The van der Waals surface area contributed by atoms with Gasteiger partial charge in [0.05, 0.1) is 22.3 Å². The largest absolute Gasteiger partial charge is 0.478 e. The fourth-order valence-electron chi connectivity index (χ4n) is 2.36. The Morgan fingerprint density at radius 3 is 2.62 bits per heavy atom. The molecule has 21 heavy (non-hydrogen) atoms. The maximum absolute atomic E-state index is 13.4. The quantitative estimate of drug-likeness (QED) is 0.787. The molecule has 1 aromatic heterocycles. The zero-order valence-corrected chi connectivity index (χ0v) is 11.0. The molecule has 0 atom stereocenters. The molecule has 1 heterocycles. The van der Waals surface area contributed by atoms with Crippen LogP contribution in [0.25, 0.3) is 16.7 Å². The van der Waals surface area contributed by atoms with Crippen molar-refractivity contribution in [1.29, 1.82) is 0 Å². The summed E-state index contributed by atoms with van der Waals surface area (Å²) in [5.74, 6) is -2.57. The van der Waals surface area contributed by atoms with Gasteiger partial charge >= 0.3 is 5.97 Å². The van der Waals surface area contributed by atoms with Crippen LogP contribution in [0.1, 0.15) is 16.2 Å². The van der Waals surface area contributed by atoms with E-state index in [9.17, 15) is 18.7 Å². The molecule has 0 saturated carbocycles. The molecule has 106 valence electrons. The fraction of sp³-hybridized carbons (Fsp3) is 0.0667. The van der Waals surface area contributed by atoms with E-state index in [0.29, 0.717) is 22.5 Å². The van der Waals surface area contributed by atoms with E-state index < -0.39 is 17.6 Å². The number of carbonyl (C=O) groups is 1. The molecular weight excluding hydrogens is 278 g/mol. The van der Waals surface area contributed by atoms with E-state index in [0.717, 1.165) is 12.1 Å². The lowest BCUT2D eigenvalue weighted by atomic mass is 10.1. The van der Waals surface area contributed by atoms with Crippen LogP contribution in [0.15, 0.2) is 36.4 Å². The van der Waals surface area contributed by atoms with Crippen LogP contribution >= 0.6 is 0 Å². The number of aromatic carboxylic acids is 1. The molecule has 1 N–H and O–H groups in total. The van der Waals surface area contributed by atoms with Crippen molar-refractivity contribution >= 4 is 17.0 Å². The number of para-hydroxylation sites is 1. The minimum Gasteiger partial charge on any atom is -0.478 e. The highest BCUT2D eigenvalue weighted by molar-refractivity contribution is 6.01. The SMILES string of the molecule is Cc1nc2cccc(C(=O)O)c2n1-c1ccc(F)c(F)c1. The third-order valence-electron chi connectivity index (χ3n) is 3.24. The number of hydrogen-bond donors (Lipinski definition) is 1. The average Bonchev–Trinajstić information content (AvgIpc) is 2.77. The van der Waals surface area contributed by atoms with Crippen molar-refractivity contribution in [2.24, 2.45) is 0 Å². The minimum absolute atomic E-state index is 0.0535. The lowest BCUT2D eigenvalue weighted by molar-refractivity contribution is 0.0698. The van der Waals surface area contributed by atoms with Gasteiger partial charge in [0.1, 0.15) is 5.82 Å². The molecule has 2 aromatic carbocycles. The van der Waals surface area contributed by atoms with Crippen LogP contribution < -0.4 is 0 Å². The minimum atomic E-state index is -1.11. The Bertz CT molecular complexity index is 871. The third-order valence-corrected chi connectivity index (χ3v) is 3.24. The van der Waals surface area contributed by atoms with Gasteiger partial charge in [0.15, 0.2) is 11.6 Å². The van der Waals surface area contributed by atoms with Crippen molar-refractivity contribution in [3.63, 3.8) is 0 Å². The number of rotatable bonds is 2. The van der Waals surface area contributed by atoms with Gasteiger partial charge in [0.25, 0.3) is 0 Å². The first-order chi connectivity index (χ1) is 9.99. The molecule has 0 bridgehead atoms. The molecule has 0 amide bonds. The Balaban J connectivity index is 2.38. The summed E-state index contributed by atoms with van der Waals surface area (Å²) in [5.41, 5.74) is 1.21. The van der Waals surface area contributed by atoms with E-state index in [1.807, 2.05) is 0 Å². The Labute approximate surface area is 118 Å². The van der Waals surface area contributed by atoms with Crippen LogP contribution in [0, 0.1) is 18.6 Å². The number of aromatic nitrogens is 2. The van der Waals surface area contributed by atoms with Gasteiger partial charge < -0.3 is 5.11 Å². The van der Waals surface area contributed by atoms with Crippen molar-refractivity contribution in [1.82, 2.24) is 9.55 Å². The molecule has 6 heteroatoms. The molecule has 0 aliphatic heterocycles. The van der Waals surface area contributed by atoms with Gasteiger partial charge in [-0.3, -0.25) is 4.57 Å². The van der Waals surface area contributed by atoms with E-state index in [1.165, 1.54) is 16.7 Å². The summed E-state index contributed by atoms with van der Waals surface area (Å²) in [4.78, 5) is 15.6. The summed E-state index contributed by atoms with van der Waals surface area (Å²) in [6.07, 6.45) is 0. The second-order valence-electron chi connectivity index (χ2n) is 4.57. The first kappa shape index (κ1) is 13.2. The molecule has 3 aromatic rings. The molecule has 0 aliphatic carbocycles. The monoisotopic (exact) mass is 288 g/mol. The van der Waals surface area contributed by atoms with Crippen molar-refractivity contribution in [3.05, 3.63) is 59.4 Å². The van der Waals surface area contributed by atoms with E-state index >= 15 is 0 Å². The second-order valence-corrected chi connectivity index (χ2v) is 4.57.